The number of carboxylic acid groups (broad SMARTS) is 1. The second-order valence-electron chi connectivity index (χ2n) is 5.71. The first-order valence-corrected chi connectivity index (χ1v) is 8.19. The number of aromatic carboxylic acids is 1. The highest BCUT2D eigenvalue weighted by Gasteiger charge is 2.22. The minimum atomic E-state index is -0.894. The Kier molecular flexibility index (Phi) is 6.43. The Bertz CT molecular complexity index is 708. The van der Waals surface area contributed by atoms with Crippen molar-refractivity contribution in [1.29, 1.82) is 0 Å². The van der Waals surface area contributed by atoms with Crippen molar-refractivity contribution in [2.24, 2.45) is 0 Å². The van der Waals surface area contributed by atoms with Crippen molar-refractivity contribution >= 4 is 17.6 Å². The van der Waals surface area contributed by atoms with E-state index < -0.39 is 5.97 Å². The van der Waals surface area contributed by atoms with E-state index in [1.54, 1.807) is 7.11 Å². The van der Waals surface area contributed by atoms with Crippen molar-refractivity contribution in [3.8, 4) is 0 Å². The van der Waals surface area contributed by atoms with Crippen LogP contribution in [0.4, 0.5) is 0 Å². The summed E-state index contributed by atoms with van der Waals surface area (Å²) in [4.78, 5) is 11.7. The Labute approximate surface area is 147 Å². The average Bonchev–Trinajstić information content (AvgIpc) is 2.78. The molecular weight excluding hydrogens is 328 g/mol. The number of nitrogens with one attached hydrogen (secondary N) is 1. The van der Waals surface area contributed by atoms with E-state index in [4.69, 9.17) is 16.3 Å². The van der Waals surface area contributed by atoms with Crippen molar-refractivity contribution in [1.82, 2.24) is 9.88 Å². The van der Waals surface area contributed by atoms with E-state index in [1.807, 2.05) is 42.7 Å². The van der Waals surface area contributed by atoms with Crippen LogP contribution in [0.3, 0.4) is 0 Å². The van der Waals surface area contributed by atoms with E-state index >= 15 is 0 Å². The van der Waals surface area contributed by atoms with Crippen LogP contribution < -0.4 is 5.32 Å². The van der Waals surface area contributed by atoms with E-state index in [1.165, 1.54) is 0 Å². The van der Waals surface area contributed by atoms with Gasteiger partial charge in [-0.25, -0.2) is 4.79 Å². The van der Waals surface area contributed by atoms with Gasteiger partial charge in [0.1, 0.15) is 0 Å². The molecule has 0 fully saturated rings. The van der Waals surface area contributed by atoms with Crippen LogP contribution in [0.1, 0.15) is 32.9 Å². The van der Waals surface area contributed by atoms with Gasteiger partial charge in [0.05, 0.1) is 12.2 Å². The second-order valence-corrected chi connectivity index (χ2v) is 6.15. The molecule has 130 valence electrons. The minimum absolute atomic E-state index is 0.381. The molecule has 1 aromatic heterocycles. The van der Waals surface area contributed by atoms with Crippen LogP contribution in [0.25, 0.3) is 0 Å². The van der Waals surface area contributed by atoms with Crippen LogP contribution in [-0.4, -0.2) is 35.9 Å². The Morgan fingerprint density at radius 2 is 1.92 bits per heavy atom. The maximum Gasteiger partial charge on any atom is 0.337 e. The van der Waals surface area contributed by atoms with Gasteiger partial charge >= 0.3 is 5.97 Å². The summed E-state index contributed by atoms with van der Waals surface area (Å²) < 4.78 is 7.05. The van der Waals surface area contributed by atoms with Gasteiger partial charge in [-0.3, -0.25) is 0 Å². The number of carbonyl (C=O) groups is 1. The summed E-state index contributed by atoms with van der Waals surface area (Å²) in [7, 11) is 1.64. The number of hydrogen-bond donors (Lipinski definition) is 2. The molecule has 5 nitrogen and oxygen atoms in total. The molecule has 0 unspecified atom stereocenters. The van der Waals surface area contributed by atoms with Gasteiger partial charge in [0.25, 0.3) is 0 Å². The lowest BCUT2D eigenvalue weighted by molar-refractivity contribution is 0.0694. The Hall–Kier alpha value is -1.82. The molecule has 2 aromatic rings. The number of nitrogens with zero attached hydrogens (tertiary/aromatic N) is 1. The van der Waals surface area contributed by atoms with Crippen molar-refractivity contribution < 1.29 is 14.6 Å². The fourth-order valence-corrected chi connectivity index (χ4v) is 2.97. The Morgan fingerprint density at radius 1 is 1.25 bits per heavy atom. The van der Waals surface area contributed by atoms with Gasteiger partial charge in [-0.1, -0.05) is 23.7 Å². The smallest absolute Gasteiger partial charge is 0.337 e. The van der Waals surface area contributed by atoms with Crippen LogP contribution in [0.2, 0.25) is 5.02 Å². The van der Waals surface area contributed by atoms with Gasteiger partial charge in [0.2, 0.25) is 0 Å². The standard InChI is InChI=1S/C18H23ClN2O3/c1-12-16(10-20-8-9-24-3)17(18(22)23)13(2)21(12)11-14-4-6-15(19)7-5-14/h4-7,20H,8-11H2,1-3H3,(H,22,23). The number of carboxylic acids is 1. The Morgan fingerprint density at radius 3 is 2.50 bits per heavy atom. The molecule has 0 aliphatic carbocycles. The molecule has 0 saturated heterocycles. The third-order valence-electron chi connectivity index (χ3n) is 4.16. The first-order valence-electron chi connectivity index (χ1n) is 7.81. The normalized spacial score (nSPS) is 11.0. The highest BCUT2D eigenvalue weighted by atomic mass is 35.5. The first-order chi connectivity index (χ1) is 11.5. The highest BCUT2D eigenvalue weighted by Crippen LogP contribution is 2.24. The molecule has 0 aliphatic rings. The summed E-state index contributed by atoms with van der Waals surface area (Å²) in [6.45, 7) is 6.20. The van der Waals surface area contributed by atoms with E-state index in [2.05, 4.69) is 5.32 Å². The van der Waals surface area contributed by atoms with E-state index in [0.29, 0.717) is 36.8 Å². The SMILES string of the molecule is COCCNCc1c(C(=O)O)c(C)n(Cc2ccc(Cl)cc2)c1C. The molecule has 2 rings (SSSR count). The molecule has 2 N–H and O–H groups in total. The Balaban J connectivity index is 2.30. The molecular formula is C18H23ClN2O3. The molecule has 0 spiro atoms. The third kappa shape index (κ3) is 4.17. The monoisotopic (exact) mass is 350 g/mol. The molecule has 0 atom stereocenters. The maximum atomic E-state index is 11.7. The fourth-order valence-electron chi connectivity index (χ4n) is 2.85. The number of ether oxygens (including phenoxy) is 1. The summed E-state index contributed by atoms with van der Waals surface area (Å²) in [5.41, 5.74) is 4.01. The fraction of sp³-hybridized carbons (Fsp3) is 0.389. The zero-order valence-electron chi connectivity index (χ0n) is 14.2. The lowest BCUT2D eigenvalue weighted by atomic mass is 10.1. The van der Waals surface area contributed by atoms with Gasteiger partial charge in [-0.05, 0) is 31.5 Å². The summed E-state index contributed by atoms with van der Waals surface area (Å²) in [5.74, 6) is -0.894. The first kappa shape index (κ1) is 18.5. The summed E-state index contributed by atoms with van der Waals surface area (Å²) >= 11 is 5.93. The van der Waals surface area contributed by atoms with Crippen molar-refractivity contribution in [3.63, 3.8) is 0 Å². The molecule has 0 aliphatic heterocycles. The number of rotatable bonds is 8. The number of halogens is 1. The van der Waals surface area contributed by atoms with Crippen molar-refractivity contribution in [2.45, 2.75) is 26.9 Å². The third-order valence-corrected chi connectivity index (χ3v) is 4.41. The van der Waals surface area contributed by atoms with Gasteiger partial charge in [-0.2, -0.15) is 0 Å². The van der Waals surface area contributed by atoms with Crippen LogP contribution >= 0.6 is 11.6 Å². The van der Waals surface area contributed by atoms with Crippen LogP contribution in [0, 0.1) is 13.8 Å². The van der Waals surface area contributed by atoms with Crippen molar-refractivity contribution in [2.75, 3.05) is 20.3 Å². The van der Waals surface area contributed by atoms with Gasteiger partial charge in [0.15, 0.2) is 0 Å². The van der Waals surface area contributed by atoms with E-state index in [9.17, 15) is 9.90 Å². The van der Waals surface area contributed by atoms with Crippen LogP contribution in [0.5, 0.6) is 0 Å². The van der Waals surface area contributed by atoms with Crippen molar-refractivity contribution in [3.05, 3.63) is 57.4 Å². The molecule has 24 heavy (non-hydrogen) atoms. The molecule has 1 aromatic carbocycles. The van der Waals surface area contributed by atoms with E-state index in [-0.39, 0.29) is 0 Å². The highest BCUT2D eigenvalue weighted by molar-refractivity contribution is 6.30. The van der Waals surface area contributed by atoms with E-state index in [0.717, 1.165) is 22.5 Å². The number of methoxy groups -OCH3 is 1. The number of benzene rings is 1. The lowest BCUT2D eigenvalue weighted by Crippen LogP contribution is -2.20. The van der Waals surface area contributed by atoms with Gasteiger partial charge in [-0.15, -0.1) is 0 Å². The second kappa shape index (κ2) is 8.33. The molecule has 6 heteroatoms. The lowest BCUT2D eigenvalue weighted by Gasteiger charge is -2.10. The van der Waals surface area contributed by atoms with Gasteiger partial charge < -0.3 is 19.7 Å². The quantitative estimate of drug-likeness (QED) is 0.717. The molecule has 0 saturated carbocycles. The zero-order chi connectivity index (χ0) is 17.7. The number of hydrogen-bond acceptors (Lipinski definition) is 3. The summed E-state index contributed by atoms with van der Waals surface area (Å²) in [5, 5.41) is 13.5. The minimum Gasteiger partial charge on any atom is -0.478 e. The molecule has 0 bridgehead atoms. The summed E-state index contributed by atoms with van der Waals surface area (Å²) in [6.07, 6.45) is 0. The predicted molar refractivity (Wildman–Crippen MR) is 95.0 cm³/mol. The largest absolute Gasteiger partial charge is 0.478 e. The zero-order valence-corrected chi connectivity index (χ0v) is 15.0. The van der Waals surface area contributed by atoms with Crippen LogP contribution in [-0.2, 0) is 17.8 Å². The average molecular weight is 351 g/mol. The van der Waals surface area contributed by atoms with Crippen LogP contribution in [0.15, 0.2) is 24.3 Å². The topological polar surface area (TPSA) is 63.5 Å². The number of aromatic nitrogens is 1. The molecule has 1 heterocycles. The molecule has 0 radical (unpaired) electrons. The predicted octanol–water partition coefficient (Wildman–Crippen LogP) is 3.24. The summed E-state index contributed by atoms with van der Waals surface area (Å²) in [6, 6.07) is 7.60. The molecule has 0 amide bonds. The maximum absolute atomic E-state index is 11.7. The van der Waals surface area contributed by atoms with Gasteiger partial charge in [0, 0.05) is 48.7 Å².